The molecule has 2 aromatic heterocycles. The normalized spacial score (nSPS) is 12.2. The molecule has 1 N–H and O–H groups in total. The summed E-state index contributed by atoms with van der Waals surface area (Å²) in [6.07, 6.45) is 6.37. The quantitative estimate of drug-likeness (QED) is 0.530. The second-order valence-electron chi connectivity index (χ2n) is 7.23. The molecule has 0 aliphatic carbocycles. The second-order valence-corrected chi connectivity index (χ2v) is 7.23. The number of pyridine rings is 1. The summed E-state index contributed by atoms with van der Waals surface area (Å²) in [7, 11) is 0. The largest absolute Gasteiger partial charge is 0.356 e. The van der Waals surface area contributed by atoms with Crippen LogP contribution in [0.1, 0.15) is 61.9 Å². The third-order valence-electron chi connectivity index (χ3n) is 5.13. The van der Waals surface area contributed by atoms with Crippen molar-refractivity contribution in [2.75, 3.05) is 6.54 Å². The molecule has 148 valence electrons. The van der Waals surface area contributed by atoms with Gasteiger partial charge >= 0.3 is 0 Å². The number of imidazole rings is 1. The smallest absolute Gasteiger partial charge is 0.221 e. The third kappa shape index (κ3) is 4.58. The third-order valence-corrected chi connectivity index (χ3v) is 5.13. The van der Waals surface area contributed by atoms with Gasteiger partial charge in [-0.05, 0) is 37.1 Å². The maximum atomic E-state index is 14.6. The highest BCUT2D eigenvalue weighted by molar-refractivity contribution is 5.77. The molecular formula is C23H28FN3O. The van der Waals surface area contributed by atoms with Gasteiger partial charge in [0, 0.05) is 30.8 Å². The van der Waals surface area contributed by atoms with Crippen molar-refractivity contribution >= 4 is 11.6 Å². The highest BCUT2D eigenvalue weighted by Gasteiger charge is 2.24. The van der Waals surface area contributed by atoms with Gasteiger partial charge in [0.1, 0.15) is 11.5 Å². The standard InChI is InChI=1S/C23H28FN3O/c1-3-4-5-8-14-25-23(28)15-19(18-11-6-7-12-20(18)24)21-16-26-22-13-9-10-17(2)27(21)22/h6-7,9-13,16,19H,3-5,8,14-15H2,1-2H3,(H,25,28). The van der Waals surface area contributed by atoms with Crippen LogP contribution in [0.2, 0.25) is 0 Å². The number of rotatable bonds is 9. The Balaban J connectivity index is 1.86. The molecule has 0 spiro atoms. The molecular weight excluding hydrogens is 353 g/mol. The molecule has 3 aromatic rings. The lowest BCUT2D eigenvalue weighted by molar-refractivity contribution is -0.121. The minimum absolute atomic E-state index is 0.0618. The fourth-order valence-corrected chi connectivity index (χ4v) is 3.64. The van der Waals surface area contributed by atoms with E-state index in [0.29, 0.717) is 12.1 Å². The molecule has 3 rings (SSSR count). The molecule has 0 aliphatic heterocycles. The van der Waals surface area contributed by atoms with E-state index in [1.807, 2.05) is 35.6 Å². The van der Waals surface area contributed by atoms with E-state index in [-0.39, 0.29) is 18.1 Å². The number of carbonyl (C=O) groups excluding carboxylic acids is 1. The monoisotopic (exact) mass is 381 g/mol. The van der Waals surface area contributed by atoms with Crippen LogP contribution in [0.4, 0.5) is 4.39 Å². The number of unbranched alkanes of at least 4 members (excludes halogenated alkanes) is 3. The Morgan fingerprint density at radius 1 is 1.14 bits per heavy atom. The van der Waals surface area contributed by atoms with Crippen LogP contribution >= 0.6 is 0 Å². The summed E-state index contributed by atoms with van der Waals surface area (Å²) in [4.78, 5) is 17.1. The summed E-state index contributed by atoms with van der Waals surface area (Å²) in [5.41, 5.74) is 3.16. The molecule has 1 atom stereocenters. The van der Waals surface area contributed by atoms with Gasteiger partial charge in [0.25, 0.3) is 0 Å². The van der Waals surface area contributed by atoms with Gasteiger partial charge in [-0.25, -0.2) is 9.37 Å². The van der Waals surface area contributed by atoms with Crippen LogP contribution in [0.5, 0.6) is 0 Å². The van der Waals surface area contributed by atoms with Crippen molar-refractivity contribution in [1.82, 2.24) is 14.7 Å². The first-order chi connectivity index (χ1) is 13.6. The van der Waals surface area contributed by atoms with Crippen molar-refractivity contribution in [3.05, 3.63) is 71.4 Å². The average Bonchev–Trinajstić information content (AvgIpc) is 3.12. The number of aromatic nitrogens is 2. The fraction of sp³-hybridized carbons (Fsp3) is 0.391. The van der Waals surface area contributed by atoms with Crippen molar-refractivity contribution in [1.29, 1.82) is 0 Å². The molecule has 0 radical (unpaired) electrons. The number of fused-ring (bicyclic) bond motifs is 1. The maximum Gasteiger partial charge on any atom is 0.221 e. The molecule has 28 heavy (non-hydrogen) atoms. The van der Waals surface area contributed by atoms with E-state index in [1.165, 1.54) is 12.5 Å². The Labute approximate surface area is 165 Å². The Bertz CT molecular complexity index is 934. The van der Waals surface area contributed by atoms with E-state index >= 15 is 0 Å². The lowest BCUT2D eigenvalue weighted by Gasteiger charge is -2.19. The van der Waals surface area contributed by atoms with Crippen molar-refractivity contribution < 1.29 is 9.18 Å². The van der Waals surface area contributed by atoms with Crippen LogP contribution in [0.25, 0.3) is 5.65 Å². The number of benzene rings is 1. The second kappa shape index (κ2) is 9.49. The zero-order valence-corrected chi connectivity index (χ0v) is 16.6. The zero-order chi connectivity index (χ0) is 19.9. The molecule has 0 bridgehead atoms. The number of nitrogens with zero attached hydrogens (tertiary/aromatic N) is 2. The van der Waals surface area contributed by atoms with Crippen LogP contribution in [-0.2, 0) is 4.79 Å². The molecule has 2 heterocycles. The Morgan fingerprint density at radius 3 is 2.75 bits per heavy atom. The minimum Gasteiger partial charge on any atom is -0.356 e. The Hall–Kier alpha value is -2.69. The van der Waals surface area contributed by atoms with Gasteiger partial charge in [0.2, 0.25) is 5.91 Å². The number of aryl methyl sites for hydroxylation is 1. The van der Waals surface area contributed by atoms with E-state index in [1.54, 1.807) is 18.3 Å². The summed E-state index contributed by atoms with van der Waals surface area (Å²) < 4.78 is 16.6. The topological polar surface area (TPSA) is 46.4 Å². The van der Waals surface area contributed by atoms with Gasteiger partial charge < -0.3 is 9.72 Å². The Kier molecular flexibility index (Phi) is 6.80. The van der Waals surface area contributed by atoms with Crippen molar-refractivity contribution in [3.63, 3.8) is 0 Å². The number of halogens is 1. The van der Waals surface area contributed by atoms with Gasteiger partial charge in [-0.3, -0.25) is 4.79 Å². The van der Waals surface area contributed by atoms with Crippen LogP contribution in [-0.4, -0.2) is 21.8 Å². The van der Waals surface area contributed by atoms with Crippen LogP contribution in [0.15, 0.2) is 48.7 Å². The lowest BCUT2D eigenvalue weighted by Crippen LogP contribution is -2.27. The SMILES string of the molecule is CCCCCCNC(=O)CC(c1ccccc1F)c1cnc2cccc(C)n12. The number of nitrogens with one attached hydrogen (secondary N) is 1. The summed E-state index contributed by atoms with van der Waals surface area (Å²) >= 11 is 0. The Morgan fingerprint density at radius 2 is 1.96 bits per heavy atom. The van der Waals surface area contributed by atoms with Crippen molar-refractivity contribution in [2.24, 2.45) is 0 Å². The highest BCUT2D eigenvalue weighted by Crippen LogP contribution is 2.31. The van der Waals surface area contributed by atoms with Crippen molar-refractivity contribution in [3.8, 4) is 0 Å². The highest BCUT2D eigenvalue weighted by atomic mass is 19.1. The van der Waals surface area contributed by atoms with E-state index in [2.05, 4.69) is 17.2 Å². The predicted octanol–water partition coefficient (Wildman–Crippen LogP) is 5.00. The first-order valence-electron chi connectivity index (χ1n) is 10.1. The summed E-state index contributed by atoms with van der Waals surface area (Å²) in [6.45, 7) is 4.81. The maximum absolute atomic E-state index is 14.6. The molecule has 4 nitrogen and oxygen atoms in total. The van der Waals surface area contributed by atoms with Gasteiger partial charge in [0.05, 0.1) is 5.69 Å². The molecule has 1 unspecified atom stereocenters. The average molecular weight is 381 g/mol. The number of amides is 1. The number of hydrogen-bond acceptors (Lipinski definition) is 2. The first kappa shape index (κ1) is 20.1. The predicted molar refractivity (Wildman–Crippen MR) is 110 cm³/mol. The molecule has 0 saturated carbocycles. The number of hydrogen-bond donors (Lipinski definition) is 1. The van der Waals surface area contributed by atoms with Gasteiger partial charge in [-0.2, -0.15) is 0 Å². The first-order valence-corrected chi connectivity index (χ1v) is 10.1. The van der Waals surface area contributed by atoms with Gasteiger partial charge in [0.15, 0.2) is 0 Å². The lowest BCUT2D eigenvalue weighted by atomic mass is 9.91. The van der Waals surface area contributed by atoms with E-state index in [4.69, 9.17) is 0 Å². The minimum atomic E-state index is -0.395. The van der Waals surface area contributed by atoms with E-state index in [0.717, 1.165) is 36.3 Å². The van der Waals surface area contributed by atoms with Gasteiger partial charge in [-0.1, -0.05) is 50.5 Å². The zero-order valence-electron chi connectivity index (χ0n) is 16.6. The van der Waals surface area contributed by atoms with E-state index in [9.17, 15) is 9.18 Å². The molecule has 0 aliphatic rings. The number of carbonyl (C=O) groups is 1. The van der Waals surface area contributed by atoms with Crippen LogP contribution in [0, 0.1) is 12.7 Å². The molecule has 0 saturated heterocycles. The summed E-state index contributed by atoms with van der Waals surface area (Å²) in [5, 5.41) is 2.99. The molecule has 1 aromatic carbocycles. The van der Waals surface area contributed by atoms with Crippen LogP contribution < -0.4 is 5.32 Å². The molecule has 5 heteroatoms. The fourth-order valence-electron chi connectivity index (χ4n) is 3.64. The van der Waals surface area contributed by atoms with E-state index < -0.39 is 5.92 Å². The summed E-state index contributed by atoms with van der Waals surface area (Å²) in [5.74, 6) is -0.756. The molecule has 0 fully saturated rings. The van der Waals surface area contributed by atoms with Gasteiger partial charge in [-0.15, -0.1) is 0 Å². The molecule has 1 amide bonds. The summed E-state index contributed by atoms with van der Waals surface area (Å²) in [6, 6.07) is 12.5. The van der Waals surface area contributed by atoms with Crippen molar-refractivity contribution in [2.45, 2.75) is 51.9 Å². The van der Waals surface area contributed by atoms with Crippen LogP contribution in [0.3, 0.4) is 0 Å².